The van der Waals surface area contributed by atoms with Crippen LogP contribution in [0.15, 0.2) is 24.3 Å². The monoisotopic (exact) mass is 279 g/mol. The highest BCUT2D eigenvalue weighted by atomic mass is 35.5. The van der Waals surface area contributed by atoms with Gasteiger partial charge in [-0.25, -0.2) is 0 Å². The number of halogens is 1. The maximum atomic E-state index is 5.92. The molecule has 0 spiro atoms. The lowest BCUT2D eigenvalue weighted by Gasteiger charge is -2.38. The van der Waals surface area contributed by atoms with Gasteiger partial charge < -0.3 is 5.32 Å². The zero-order chi connectivity index (χ0) is 14.0. The summed E-state index contributed by atoms with van der Waals surface area (Å²) in [7, 11) is 0. The van der Waals surface area contributed by atoms with Gasteiger partial charge in [0.25, 0.3) is 0 Å². The van der Waals surface area contributed by atoms with Crippen molar-refractivity contribution < 1.29 is 0 Å². The van der Waals surface area contributed by atoms with Gasteiger partial charge in [0.05, 0.1) is 0 Å². The van der Waals surface area contributed by atoms with E-state index >= 15 is 0 Å². The van der Waals surface area contributed by atoms with Gasteiger partial charge in [-0.2, -0.15) is 0 Å². The minimum absolute atomic E-state index is 0.395. The van der Waals surface area contributed by atoms with Gasteiger partial charge in [-0.05, 0) is 54.3 Å². The van der Waals surface area contributed by atoms with E-state index in [-0.39, 0.29) is 0 Å². The molecule has 0 aromatic heterocycles. The molecule has 0 radical (unpaired) electrons. The first-order valence-corrected chi connectivity index (χ1v) is 7.73. The molecule has 1 nitrogen and oxygen atoms in total. The summed E-state index contributed by atoms with van der Waals surface area (Å²) in [5, 5.41) is 4.54. The maximum absolute atomic E-state index is 5.92. The van der Waals surface area contributed by atoms with Gasteiger partial charge in [0.2, 0.25) is 0 Å². The van der Waals surface area contributed by atoms with Gasteiger partial charge in [0.1, 0.15) is 0 Å². The van der Waals surface area contributed by atoms with Gasteiger partial charge >= 0.3 is 0 Å². The van der Waals surface area contributed by atoms with Gasteiger partial charge in [-0.3, -0.25) is 0 Å². The first-order chi connectivity index (χ1) is 8.86. The van der Waals surface area contributed by atoms with Crippen molar-refractivity contribution in [1.82, 2.24) is 5.32 Å². The van der Waals surface area contributed by atoms with Crippen molar-refractivity contribution in [2.24, 2.45) is 11.3 Å². The summed E-state index contributed by atoms with van der Waals surface area (Å²) in [6.07, 6.45) is 2.52. The van der Waals surface area contributed by atoms with Crippen LogP contribution in [0.5, 0.6) is 0 Å². The third-order valence-electron chi connectivity index (χ3n) is 4.67. The Hall–Kier alpha value is -0.530. The second kappa shape index (κ2) is 5.85. The van der Waals surface area contributed by atoms with Gasteiger partial charge in [-0.15, -0.1) is 0 Å². The number of hydrogen-bond acceptors (Lipinski definition) is 1. The highest BCUT2D eigenvalue weighted by Crippen LogP contribution is 2.37. The van der Waals surface area contributed by atoms with E-state index in [4.69, 9.17) is 11.6 Å². The van der Waals surface area contributed by atoms with E-state index in [1.165, 1.54) is 18.4 Å². The van der Waals surface area contributed by atoms with Gasteiger partial charge in [0.15, 0.2) is 0 Å². The molecule has 1 saturated carbocycles. The van der Waals surface area contributed by atoms with Crippen LogP contribution in [0.4, 0.5) is 0 Å². The Morgan fingerprint density at radius 1 is 1.21 bits per heavy atom. The summed E-state index contributed by atoms with van der Waals surface area (Å²) < 4.78 is 0. The van der Waals surface area contributed by atoms with Crippen LogP contribution in [0.3, 0.4) is 0 Å². The summed E-state index contributed by atoms with van der Waals surface area (Å²) in [4.78, 5) is 0. The highest BCUT2D eigenvalue weighted by molar-refractivity contribution is 6.30. The number of benzene rings is 1. The van der Waals surface area contributed by atoms with Crippen molar-refractivity contribution in [3.8, 4) is 0 Å². The summed E-state index contributed by atoms with van der Waals surface area (Å²) in [6.45, 7) is 10.4. The van der Waals surface area contributed by atoms with Crippen molar-refractivity contribution >= 4 is 11.6 Å². The molecular formula is C17H26ClN. The van der Waals surface area contributed by atoms with Crippen LogP contribution in [0.25, 0.3) is 0 Å². The lowest BCUT2D eigenvalue weighted by atomic mass is 9.75. The maximum Gasteiger partial charge on any atom is 0.0406 e. The molecule has 1 atom stereocenters. The molecular weight excluding hydrogens is 254 g/mol. The van der Waals surface area contributed by atoms with Crippen molar-refractivity contribution in [3.63, 3.8) is 0 Å². The largest absolute Gasteiger partial charge is 0.314 e. The van der Waals surface area contributed by atoms with Crippen molar-refractivity contribution in [1.29, 1.82) is 0 Å². The minimum atomic E-state index is 0.395. The average molecular weight is 280 g/mol. The fourth-order valence-corrected chi connectivity index (χ4v) is 2.57. The normalized spacial score (nSPS) is 24.9. The molecule has 19 heavy (non-hydrogen) atoms. The Kier molecular flexibility index (Phi) is 4.58. The van der Waals surface area contributed by atoms with E-state index < -0.39 is 0 Å². The SMILES string of the molecule is CC(CNC1CC(c2ccc(Cl)cc2)C1)C(C)(C)C. The molecule has 1 aromatic rings. The number of hydrogen-bond donors (Lipinski definition) is 1. The van der Waals surface area contributed by atoms with Crippen molar-refractivity contribution in [2.45, 2.75) is 52.5 Å². The molecule has 1 aliphatic rings. The van der Waals surface area contributed by atoms with E-state index in [1.807, 2.05) is 12.1 Å². The minimum Gasteiger partial charge on any atom is -0.314 e. The van der Waals surface area contributed by atoms with E-state index in [1.54, 1.807) is 0 Å². The summed E-state index contributed by atoms with van der Waals surface area (Å²) in [5.41, 5.74) is 1.83. The highest BCUT2D eigenvalue weighted by Gasteiger charge is 2.30. The molecule has 0 amide bonds. The van der Waals surface area contributed by atoms with E-state index in [0.29, 0.717) is 17.4 Å². The van der Waals surface area contributed by atoms with Crippen LogP contribution in [0.1, 0.15) is 52.0 Å². The molecule has 1 aromatic carbocycles. The molecule has 2 heteroatoms. The number of rotatable bonds is 4. The topological polar surface area (TPSA) is 12.0 Å². The zero-order valence-electron chi connectivity index (χ0n) is 12.5. The van der Waals surface area contributed by atoms with E-state index in [2.05, 4.69) is 45.1 Å². The molecule has 1 N–H and O–H groups in total. The van der Waals surface area contributed by atoms with Gasteiger partial charge in [-0.1, -0.05) is 51.4 Å². The molecule has 106 valence electrons. The van der Waals surface area contributed by atoms with E-state index in [0.717, 1.165) is 17.5 Å². The van der Waals surface area contributed by atoms with Crippen LogP contribution in [-0.4, -0.2) is 12.6 Å². The predicted molar refractivity (Wildman–Crippen MR) is 83.8 cm³/mol. The lowest BCUT2D eigenvalue weighted by Crippen LogP contribution is -2.43. The van der Waals surface area contributed by atoms with Gasteiger partial charge in [0, 0.05) is 11.1 Å². The van der Waals surface area contributed by atoms with Crippen LogP contribution in [-0.2, 0) is 0 Å². The second-order valence-corrected chi connectivity index (χ2v) is 7.53. The molecule has 0 bridgehead atoms. The summed E-state index contributed by atoms with van der Waals surface area (Å²) >= 11 is 5.92. The molecule has 1 aliphatic carbocycles. The molecule has 0 saturated heterocycles. The standard InChI is InChI=1S/C17H26ClN/c1-12(17(2,3)4)11-19-16-9-14(10-16)13-5-7-15(18)8-6-13/h5-8,12,14,16,19H,9-11H2,1-4H3. The van der Waals surface area contributed by atoms with E-state index in [9.17, 15) is 0 Å². The Morgan fingerprint density at radius 2 is 1.79 bits per heavy atom. The quantitative estimate of drug-likeness (QED) is 0.830. The molecule has 2 rings (SSSR count). The van der Waals surface area contributed by atoms with Crippen LogP contribution in [0, 0.1) is 11.3 Å². The lowest BCUT2D eigenvalue weighted by molar-refractivity contribution is 0.215. The third-order valence-corrected chi connectivity index (χ3v) is 4.92. The molecule has 1 unspecified atom stereocenters. The fourth-order valence-electron chi connectivity index (χ4n) is 2.44. The predicted octanol–water partition coefficient (Wildman–Crippen LogP) is 4.86. The first-order valence-electron chi connectivity index (χ1n) is 7.35. The van der Waals surface area contributed by atoms with Crippen LogP contribution >= 0.6 is 11.6 Å². The Balaban J connectivity index is 1.73. The Labute approximate surface area is 122 Å². The second-order valence-electron chi connectivity index (χ2n) is 7.09. The first kappa shape index (κ1) is 14.9. The third kappa shape index (κ3) is 3.97. The summed E-state index contributed by atoms with van der Waals surface area (Å²) in [6, 6.07) is 9.03. The molecule has 0 heterocycles. The number of nitrogens with one attached hydrogen (secondary N) is 1. The molecule has 1 fully saturated rings. The van der Waals surface area contributed by atoms with Crippen molar-refractivity contribution in [2.75, 3.05) is 6.54 Å². The average Bonchev–Trinajstić information content (AvgIpc) is 2.27. The summed E-state index contributed by atoms with van der Waals surface area (Å²) in [5.74, 6) is 1.43. The Morgan fingerprint density at radius 3 is 2.32 bits per heavy atom. The van der Waals surface area contributed by atoms with Crippen LogP contribution < -0.4 is 5.32 Å². The fraction of sp³-hybridized carbons (Fsp3) is 0.647. The molecule has 0 aliphatic heterocycles. The Bertz CT molecular complexity index is 398. The zero-order valence-corrected chi connectivity index (χ0v) is 13.3. The van der Waals surface area contributed by atoms with Crippen molar-refractivity contribution in [3.05, 3.63) is 34.9 Å². The van der Waals surface area contributed by atoms with Crippen LogP contribution in [0.2, 0.25) is 5.02 Å². The smallest absolute Gasteiger partial charge is 0.0406 e.